The van der Waals surface area contributed by atoms with Crippen molar-refractivity contribution in [1.82, 2.24) is 5.32 Å². The Hall–Kier alpha value is 0.150. The average Bonchev–Trinajstić information content (AvgIpc) is 2.57. The van der Waals surface area contributed by atoms with E-state index >= 15 is 0 Å². The van der Waals surface area contributed by atoms with E-state index in [1.54, 1.807) is 0 Å². The van der Waals surface area contributed by atoms with Gasteiger partial charge in [-0.25, -0.2) is 8.42 Å². The Bertz CT molecular complexity index is 464. The van der Waals surface area contributed by atoms with Gasteiger partial charge in [-0.3, -0.25) is 0 Å². The molecule has 2 heterocycles. The van der Waals surface area contributed by atoms with Gasteiger partial charge in [-0.2, -0.15) is 0 Å². The van der Waals surface area contributed by atoms with Crippen LogP contribution in [0.5, 0.6) is 0 Å². The van der Waals surface area contributed by atoms with Crippen LogP contribution >= 0.6 is 31.9 Å². The minimum atomic E-state index is -2.78. The molecular weight excluding hydrogens is 374 g/mol. The molecule has 0 amide bonds. The van der Waals surface area contributed by atoms with E-state index in [1.165, 1.54) is 0 Å². The molecule has 1 saturated heterocycles. The fourth-order valence-electron chi connectivity index (χ4n) is 1.82. The molecule has 0 unspecified atom stereocenters. The van der Waals surface area contributed by atoms with Crippen molar-refractivity contribution in [2.45, 2.75) is 25.4 Å². The van der Waals surface area contributed by atoms with Crippen molar-refractivity contribution in [2.75, 3.05) is 11.5 Å². The summed E-state index contributed by atoms with van der Waals surface area (Å²) in [4.78, 5) is 0. The molecule has 0 radical (unpaired) electrons. The molecule has 0 aromatic carbocycles. The molecule has 0 spiro atoms. The molecule has 1 aliphatic heterocycles. The predicted molar refractivity (Wildman–Crippen MR) is 72.6 cm³/mol. The van der Waals surface area contributed by atoms with Gasteiger partial charge in [0.25, 0.3) is 0 Å². The molecule has 0 atom stereocenters. The van der Waals surface area contributed by atoms with Gasteiger partial charge < -0.3 is 9.73 Å². The Morgan fingerprint density at radius 1 is 1.35 bits per heavy atom. The fraction of sp³-hybridized carbons (Fsp3) is 0.600. The Morgan fingerprint density at radius 3 is 2.53 bits per heavy atom. The maximum absolute atomic E-state index is 11.3. The zero-order chi connectivity index (χ0) is 12.5. The number of halogens is 2. The van der Waals surface area contributed by atoms with Gasteiger partial charge in [0.05, 0.1) is 22.5 Å². The van der Waals surface area contributed by atoms with Gasteiger partial charge in [-0.1, -0.05) is 0 Å². The summed E-state index contributed by atoms with van der Waals surface area (Å²) in [6, 6.07) is 2.16. The van der Waals surface area contributed by atoms with Crippen LogP contribution < -0.4 is 5.32 Å². The topological polar surface area (TPSA) is 59.3 Å². The molecule has 1 aromatic rings. The lowest BCUT2D eigenvalue weighted by Crippen LogP contribution is -2.37. The van der Waals surface area contributed by atoms with Crippen LogP contribution in [0.4, 0.5) is 0 Å². The maximum Gasteiger partial charge on any atom is 0.183 e. The maximum atomic E-state index is 11.3. The molecule has 0 aliphatic carbocycles. The second-order valence-electron chi connectivity index (χ2n) is 4.14. The summed E-state index contributed by atoms with van der Waals surface area (Å²) >= 11 is 6.63. The smallest absolute Gasteiger partial charge is 0.183 e. The second-order valence-corrected chi connectivity index (χ2v) is 8.02. The van der Waals surface area contributed by atoms with Crippen LogP contribution in [0.3, 0.4) is 0 Å². The highest BCUT2D eigenvalue weighted by Gasteiger charge is 2.23. The van der Waals surface area contributed by atoms with Gasteiger partial charge in [0.1, 0.15) is 15.6 Å². The first-order chi connectivity index (χ1) is 7.96. The Labute approximate surface area is 117 Å². The lowest BCUT2D eigenvalue weighted by atomic mass is 10.1. The molecule has 0 saturated carbocycles. The van der Waals surface area contributed by atoms with Crippen molar-refractivity contribution in [1.29, 1.82) is 0 Å². The molecule has 7 heteroatoms. The largest absolute Gasteiger partial charge is 0.452 e. The minimum Gasteiger partial charge on any atom is -0.452 e. The normalized spacial score (nSPS) is 20.6. The van der Waals surface area contributed by atoms with Crippen molar-refractivity contribution in [2.24, 2.45) is 0 Å². The van der Waals surface area contributed by atoms with Crippen LogP contribution in [-0.4, -0.2) is 26.0 Å². The molecule has 1 N–H and O–H groups in total. The summed E-state index contributed by atoms with van der Waals surface area (Å²) < 4.78 is 29.5. The highest BCUT2D eigenvalue weighted by molar-refractivity contribution is 9.13. The van der Waals surface area contributed by atoms with Crippen LogP contribution in [-0.2, 0) is 16.4 Å². The predicted octanol–water partition coefficient (Wildman–Crippen LogP) is 2.47. The number of furan rings is 1. The van der Waals surface area contributed by atoms with Crippen LogP contribution in [0, 0.1) is 0 Å². The lowest BCUT2D eigenvalue weighted by molar-refractivity contribution is 0.414. The van der Waals surface area contributed by atoms with E-state index < -0.39 is 9.84 Å². The van der Waals surface area contributed by atoms with Crippen molar-refractivity contribution in [3.8, 4) is 0 Å². The van der Waals surface area contributed by atoms with Crippen LogP contribution in [0.25, 0.3) is 0 Å². The molecular formula is C10H13Br2NO3S. The molecule has 1 aliphatic rings. The number of nitrogens with one attached hydrogen (secondary N) is 1. The first-order valence-corrected chi connectivity index (χ1v) is 8.74. The van der Waals surface area contributed by atoms with Crippen LogP contribution in [0.15, 0.2) is 19.6 Å². The molecule has 17 heavy (non-hydrogen) atoms. The molecule has 1 aromatic heterocycles. The summed E-state index contributed by atoms with van der Waals surface area (Å²) in [5.41, 5.74) is 0. The summed E-state index contributed by atoms with van der Waals surface area (Å²) in [6.45, 7) is 0.620. The van der Waals surface area contributed by atoms with Crippen LogP contribution in [0.1, 0.15) is 18.6 Å². The van der Waals surface area contributed by atoms with Crippen molar-refractivity contribution < 1.29 is 12.8 Å². The van der Waals surface area contributed by atoms with E-state index in [2.05, 4.69) is 37.2 Å². The Balaban J connectivity index is 1.83. The quantitative estimate of drug-likeness (QED) is 0.866. The molecule has 2 rings (SSSR count). The molecule has 0 bridgehead atoms. The third-order valence-electron chi connectivity index (χ3n) is 2.82. The Kier molecular flexibility index (Phi) is 4.33. The SMILES string of the molecule is O=S1(=O)CCC(NCc2cc(Br)c(Br)o2)CC1. The molecule has 96 valence electrons. The van der Waals surface area contributed by atoms with E-state index in [9.17, 15) is 8.42 Å². The van der Waals surface area contributed by atoms with Gasteiger partial charge in [0, 0.05) is 6.04 Å². The number of rotatable bonds is 3. The van der Waals surface area contributed by atoms with E-state index in [1.807, 2.05) is 6.07 Å². The molecule has 4 nitrogen and oxygen atoms in total. The van der Waals surface area contributed by atoms with Crippen molar-refractivity contribution >= 4 is 41.7 Å². The summed E-state index contributed by atoms with van der Waals surface area (Å²) in [7, 11) is -2.78. The Morgan fingerprint density at radius 2 is 2.00 bits per heavy atom. The highest BCUT2D eigenvalue weighted by atomic mass is 79.9. The zero-order valence-electron chi connectivity index (χ0n) is 9.08. The van der Waals surface area contributed by atoms with Crippen LogP contribution in [0.2, 0.25) is 0 Å². The first-order valence-electron chi connectivity index (χ1n) is 5.34. The average molecular weight is 387 g/mol. The molecule has 1 fully saturated rings. The number of hydrogen-bond acceptors (Lipinski definition) is 4. The van der Waals surface area contributed by atoms with Gasteiger partial charge in [-0.15, -0.1) is 0 Å². The number of hydrogen-bond donors (Lipinski definition) is 1. The zero-order valence-corrected chi connectivity index (χ0v) is 13.1. The first kappa shape index (κ1) is 13.6. The summed E-state index contributed by atoms with van der Waals surface area (Å²) in [5.74, 6) is 1.41. The lowest BCUT2D eigenvalue weighted by Gasteiger charge is -2.22. The third-order valence-corrected chi connectivity index (χ3v) is 6.24. The van der Waals surface area contributed by atoms with Gasteiger partial charge in [0.15, 0.2) is 4.67 Å². The van der Waals surface area contributed by atoms with Crippen molar-refractivity contribution in [3.63, 3.8) is 0 Å². The highest BCUT2D eigenvalue weighted by Crippen LogP contribution is 2.26. The van der Waals surface area contributed by atoms with E-state index in [0.717, 1.165) is 10.2 Å². The monoisotopic (exact) mass is 385 g/mol. The second kappa shape index (κ2) is 5.42. The minimum absolute atomic E-state index is 0.265. The standard InChI is InChI=1S/C10H13Br2NO3S/c11-9-5-8(16-10(9)12)6-13-7-1-3-17(14,15)4-2-7/h5,7,13H,1-4,6H2. The summed E-state index contributed by atoms with van der Waals surface area (Å²) in [5, 5.41) is 3.32. The van der Waals surface area contributed by atoms with E-state index in [-0.39, 0.29) is 17.5 Å². The van der Waals surface area contributed by atoms with Gasteiger partial charge >= 0.3 is 0 Å². The van der Waals surface area contributed by atoms with Gasteiger partial charge in [0.2, 0.25) is 0 Å². The third kappa shape index (κ3) is 3.81. The summed E-state index contributed by atoms with van der Waals surface area (Å²) in [6.07, 6.45) is 1.37. The van der Waals surface area contributed by atoms with E-state index in [0.29, 0.717) is 24.1 Å². The van der Waals surface area contributed by atoms with E-state index in [4.69, 9.17) is 4.42 Å². The van der Waals surface area contributed by atoms with Crippen molar-refractivity contribution in [3.05, 3.63) is 21.0 Å². The van der Waals surface area contributed by atoms with Gasteiger partial charge in [-0.05, 0) is 50.8 Å². The fourth-order valence-corrected chi connectivity index (χ4v) is 3.97. The number of sulfone groups is 1.